The van der Waals surface area contributed by atoms with Gasteiger partial charge in [0.15, 0.2) is 0 Å². The third-order valence-electron chi connectivity index (χ3n) is 3.04. The summed E-state index contributed by atoms with van der Waals surface area (Å²) in [7, 11) is 0. The molecular weight excluding hydrogens is 232 g/mol. The zero-order valence-electron chi connectivity index (χ0n) is 10.1. The molecule has 0 bridgehead atoms. The van der Waals surface area contributed by atoms with E-state index in [1.54, 1.807) is 0 Å². The maximum absolute atomic E-state index is 8.67. The molecule has 1 aliphatic carbocycles. The van der Waals surface area contributed by atoms with Gasteiger partial charge in [0.1, 0.15) is 0 Å². The summed E-state index contributed by atoms with van der Waals surface area (Å²) in [4.78, 5) is 4.47. The van der Waals surface area contributed by atoms with E-state index in [1.807, 2.05) is 24.0 Å². The van der Waals surface area contributed by atoms with E-state index in [1.165, 1.54) is 17.7 Å². The zero-order valence-corrected chi connectivity index (χ0v) is 10.9. The van der Waals surface area contributed by atoms with E-state index in [-0.39, 0.29) is 0 Å². The van der Waals surface area contributed by atoms with Crippen molar-refractivity contribution in [1.29, 1.82) is 0 Å². The van der Waals surface area contributed by atoms with Crippen LogP contribution in [-0.4, -0.2) is 34.7 Å². The number of rotatable bonds is 7. The highest BCUT2D eigenvalue weighted by atomic mass is 32.2. The van der Waals surface area contributed by atoms with Gasteiger partial charge >= 0.3 is 0 Å². The lowest BCUT2D eigenvalue weighted by Crippen LogP contribution is -2.22. The number of nitrogens with one attached hydrogen (secondary N) is 1. The molecule has 1 aromatic heterocycles. The first kappa shape index (κ1) is 12.9. The molecule has 2 N–H and O–H groups in total. The molecule has 0 saturated carbocycles. The highest BCUT2D eigenvalue weighted by Crippen LogP contribution is 2.28. The summed E-state index contributed by atoms with van der Waals surface area (Å²) in [6, 6.07) is 4.65. The molecule has 0 fully saturated rings. The van der Waals surface area contributed by atoms with Gasteiger partial charge in [0.25, 0.3) is 0 Å². The van der Waals surface area contributed by atoms with Gasteiger partial charge in [0.05, 0.1) is 11.7 Å². The highest BCUT2D eigenvalue weighted by Gasteiger charge is 2.22. The van der Waals surface area contributed by atoms with E-state index in [4.69, 9.17) is 5.11 Å². The average molecular weight is 252 g/mol. The molecular formula is C13H20N2OS. The molecule has 1 unspecified atom stereocenters. The summed E-state index contributed by atoms with van der Waals surface area (Å²) in [5.74, 6) is 2.16. The van der Waals surface area contributed by atoms with E-state index in [0.717, 1.165) is 30.9 Å². The van der Waals surface area contributed by atoms with Gasteiger partial charge in [-0.1, -0.05) is 6.07 Å². The summed E-state index contributed by atoms with van der Waals surface area (Å²) < 4.78 is 0. The van der Waals surface area contributed by atoms with E-state index in [0.29, 0.717) is 12.6 Å². The van der Waals surface area contributed by atoms with Crippen molar-refractivity contribution >= 4 is 11.8 Å². The first-order valence-electron chi connectivity index (χ1n) is 6.27. The largest absolute Gasteiger partial charge is 0.396 e. The van der Waals surface area contributed by atoms with Crippen molar-refractivity contribution in [3.05, 3.63) is 29.6 Å². The Labute approximate surface area is 107 Å². The number of aliphatic hydroxyl groups excluding tert-OH is 1. The molecule has 0 saturated heterocycles. The Kier molecular flexibility index (Phi) is 5.29. The Bertz CT molecular complexity index is 346. The fourth-order valence-electron chi connectivity index (χ4n) is 2.19. The van der Waals surface area contributed by atoms with Crippen LogP contribution in [0.2, 0.25) is 0 Å². The molecule has 1 atom stereocenters. The lowest BCUT2D eigenvalue weighted by molar-refractivity contribution is 0.296. The first-order chi connectivity index (χ1) is 8.42. The predicted molar refractivity (Wildman–Crippen MR) is 72.3 cm³/mol. The summed E-state index contributed by atoms with van der Waals surface area (Å²) >= 11 is 1.90. The zero-order chi connectivity index (χ0) is 11.9. The van der Waals surface area contributed by atoms with Crippen LogP contribution in [0.3, 0.4) is 0 Å². The Morgan fingerprint density at radius 1 is 1.47 bits per heavy atom. The molecule has 0 radical (unpaired) electrons. The van der Waals surface area contributed by atoms with E-state index in [2.05, 4.69) is 16.4 Å². The maximum atomic E-state index is 8.67. The second-order valence-corrected chi connectivity index (χ2v) is 5.51. The lowest BCUT2D eigenvalue weighted by Gasteiger charge is -2.12. The quantitative estimate of drug-likeness (QED) is 0.726. The van der Waals surface area contributed by atoms with Gasteiger partial charge < -0.3 is 10.4 Å². The van der Waals surface area contributed by atoms with Crippen molar-refractivity contribution in [2.24, 2.45) is 0 Å². The molecule has 1 aliphatic rings. The molecule has 1 aromatic rings. The van der Waals surface area contributed by atoms with Gasteiger partial charge in [-0.15, -0.1) is 0 Å². The third kappa shape index (κ3) is 3.69. The maximum Gasteiger partial charge on any atom is 0.0605 e. The van der Waals surface area contributed by atoms with Crippen molar-refractivity contribution in [3.63, 3.8) is 0 Å². The van der Waals surface area contributed by atoms with Gasteiger partial charge in [0, 0.05) is 25.1 Å². The molecule has 1 heterocycles. The van der Waals surface area contributed by atoms with Gasteiger partial charge in [-0.2, -0.15) is 11.8 Å². The average Bonchev–Trinajstić information content (AvgIpc) is 2.77. The smallest absolute Gasteiger partial charge is 0.0605 e. The molecule has 3 nitrogen and oxygen atoms in total. The minimum Gasteiger partial charge on any atom is -0.396 e. The molecule has 94 valence electrons. The van der Waals surface area contributed by atoms with Crippen LogP contribution in [0.25, 0.3) is 0 Å². The molecule has 0 amide bonds. The van der Waals surface area contributed by atoms with Crippen LogP contribution in [0, 0.1) is 0 Å². The summed E-state index contributed by atoms with van der Waals surface area (Å²) in [5, 5.41) is 12.2. The number of aryl methyl sites for hydroxylation is 1. The third-order valence-corrected chi connectivity index (χ3v) is 4.11. The molecule has 4 heteroatoms. The van der Waals surface area contributed by atoms with Crippen molar-refractivity contribution in [2.75, 3.05) is 24.7 Å². The number of thioether (sulfide) groups is 1. The van der Waals surface area contributed by atoms with Gasteiger partial charge in [0.2, 0.25) is 0 Å². The second kappa shape index (κ2) is 6.99. The van der Waals surface area contributed by atoms with Crippen LogP contribution in [0.5, 0.6) is 0 Å². The molecule has 0 spiro atoms. The van der Waals surface area contributed by atoms with Gasteiger partial charge in [-0.25, -0.2) is 0 Å². The van der Waals surface area contributed by atoms with Crippen molar-refractivity contribution in [3.8, 4) is 0 Å². The van der Waals surface area contributed by atoms with Crippen molar-refractivity contribution in [1.82, 2.24) is 10.3 Å². The molecule has 0 aliphatic heterocycles. The van der Waals surface area contributed by atoms with E-state index >= 15 is 0 Å². The van der Waals surface area contributed by atoms with Crippen molar-refractivity contribution < 1.29 is 5.11 Å². The topological polar surface area (TPSA) is 45.1 Å². The number of nitrogens with zero attached hydrogens (tertiary/aromatic N) is 1. The van der Waals surface area contributed by atoms with Crippen LogP contribution in [0.4, 0.5) is 0 Å². The Morgan fingerprint density at radius 3 is 3.29 bits per heavy atom. The van der Waals surface area contributed by atoms with Gasteiger partial charge in [-0.05, 0) is 36.6 Å². The van der Waals surface area contributed by atoms with Crippen LogP contribution in [0.15, 0.2) is 18.3 Å². The summed E-state index contributed by atoms with van der Waals surface area (Å²) in [6.45, 7) is 1.33. The Hall–Kier alpha value is -0.580. The first-order valence-corrected chi connectivity index (χ1v) is 7.43. The standard InChI is InChI=1S/C13H20N2OS/c16-8-2-9-17-10-7-14-12-5-4-11-3-1-6-15-13(11)12/h1,3,6,12,14,16H,2,4-5,7-10H2. The Balaban J connectivity index is 1.68. The van der Waals surface area contributed by atoms with Crippen LogP contribution >= 0.6 is 11.8 Å². The number of aliphatic hydroxyl groups is 1. The minimum atomic E-state index is 0.306. The minimum absolute atomic E-state index is 0.306. The molecule has 2 rings (SSSR count). The van der Waals surface area contributed by atoms with E-state index in [9.17, 15) is 0 Å². The fraction of sp³-hybridized carbons (Fsp3) is 0.615. The lowest BCUT2D eigenvalue weighted by atomic mass is 10.2. The Morgan fingerprint density at radius 2 is 2.41 bits per heavy atom. The molecule has 17 heavy (non-hydrogen) atoms. The number of fused-ring (bicyclic) bond motifs is 1. The van der Waals surface area contributed by atoms with Crippen molar-refractivity contribution in [2.45, 2.75) is 25.3 Å². The van der Waals surface area contributed by atoms with Crippen LogP contribution in [-0.2, 0) is 6.42 Å². The summed E-state index contributed by atoms with van der Waals surface area (Å²) in [6.07, 6.45) is 5.11. The monoisotopic (exact) mass is 252 g/mol. The number of pyridine rings is 1. The SMILES string of the molecule is OCCCSCCNC1CCc2cccnc21. The van der Waals surface area contributed by atoms with E-state index < -0.39 is 0 Å². The highest BCUT2D eigenvalue weighted by molar-refractivity contribution is 7.99. The second-order valence-electron chi connectivity index (χ2n) is 4.28. The molecule has 0 aromatic carbocycles. The number of hydrogen-bond donors (Lipinski definition) is 2. The normalized spacial score (nSPS) is 18.3. The number of hydrogen-bond acceptors (Lipinski definition) is 4. The predicted octanol–water partition coefficient (Wildman–Crippen LogP) is 1.77. The van der Waals surface area contributed by atoms with Gasteiger partial charge in [-0.3, -0.25) is 4.98 Å². The van der Waals surface area contributed by atoms with Crippen LogP contribution in [0.1, 0.15) is 30.1 Å². The fourth-order valence-corrected chi connectivity index (χ4v) is 2.98. The van der Waals surface area contributed by atoms with Crippen LogP contribution < -0.4 is 5.32 Å². The number of aromatic nitrogens is 1. The summed E-state index contributed by atoms with van der Waals surface area (Å²) in [5.41, 5.74) is 2.64.